The molecule has 1 saturated heterocycles. The SMILES string of the molecule is O=C(Oc1cc(Cl)ccc1Cl)N1CCNCC1. The third-order valence-corrected chi connectivity index (χ3v) is 3.01. The highest BCUT2D eigenvalue weighted by Gasteiger charge is 2.19. The lowest BCUT2D eigenvalue weighted by molar-refractivity contribution is 0.146. The third kappa shape index (κ3) is 3.25. The topological polar surface area (TPSA) is 41.6 Å². The number of amides is 1. The summed E-state index contributed by atoms with van der Waals surface area (Å²) < 4.78 is 5.21. The quantitative estimate of drug-likeness (QED) is 0.855. The lowest BCUT2D eigenvalue weighted by Gasteiger charge is -2.26. The van der Waals surface area contributed by atoms with E-state index in [1.165, 1.54) is 6.07 Å². The minimum atomic E-state index is -0.393. The molecule has 1 N–H and O–H groups in total. The molecule has 2 rings (SSSR count). The molecule has 1 fully saturated rings. The van der Waals surface area contributed by atoms with Crippen molar-refractivity contribution in [3.8, 4) is 5.75 Å². The van der Waals surface area contributed by atoms with E-state index in [1.54, 1.807) is 17.0 Å². The van der Waals surface area contributed by atoms with Gasteiger partial charge in [0.15, 0.2) is 5.75 Å². The van der Waals surface area contributed by atoms with Crippen LogP contribution in [0.4, 0.5) is 4.79 Å². The largest absolute Gasteiger partial charge is 0.415 e. The van der Waals surface area contributed by atoms with Crippen molar-refractivity contribution in [2.75, 3.05) is 26.2 Å². The van der Waals surface area contributed by atoms with Crippen LogP contribution in [0.15, 0.2) is 18.2 Å². The van der Waals surface area contributed by atoms with Gasteiger partial charge in [0.25, 0.3) is 0 Å². The fraction of sp³-hybridized carbons (Fsp3) is 0.364. The molecule has 0 aliphatic carbocycles. The molecule has 0 radical (unpaired) electrons. The lowest BCUT2D eigenvalue weighted by atomic mass is 10.3. The zero-order chi connectivity index (χ0) is 12.3. The first-order valence-electron chi connectivity index (χ1n) is 5.29. The molecule has 4 nitrogen and oxygen atoms in total. The Morgan fingerprint density at radius 1 is 1.29 bits per heavy atom. The maximum Gasteiger partial charge on any atom is 0.415 e. The molecule has 1 aliphatic rings. The Kier molecular flexibility index (Phi) is 4.10. The molecule has 92 valence electrons. The zero-order valence-corrected chi connectivity index (χ0v) is 10.6. The first-order valence-corrected chi connectivity index (χ1v) is 6.05. The number of hydrogen-bond donors (Lipinski definition) is 1. The molecule has 0 saturated carbocycles. The number of ether oxygens (including phenoxy) is 1. The van der Waals surface area contributed by atoms with E-state index in [4.69, 9.17) is 27.9 Å². The Morgan fingerprint density at radius 2 is 2.00 bits per heavy atom. The van der Waals surface area contributed by atoms with Crippen LogP contribution in [0.3, 0.4) is 0 Å². The van der Waals surface area contributed by atoms with Crippen molar-refractivity contribution in [3.63, 3.8) is 0 Å². The normalized spacial score (nSPS) is 15.8. The molecule has 1 aromatic rings. The van der Waals surface area contributed by atoms with E-state index in [2.05, 4.69) is 5.32 Å². The molecule has 6 heteroatoms. The molecule has 1 aromatic carbocycles. The summed E-state index contributed by atoms with van der Waals surface area (Å²) in [7, 11) is 0. The van der Waals surface area contributed by atoms with Crippen molar-refractivity contribution < 1.29 is 9.53 Å². The molecular weight excluding hydrogens is 263 g/mol. The van der Waals surface area contributed by atoms with E-state index in [1.807, 2.05) is 0 Å². The van der Waals surface area contributed by atoms with Crippen LogP contribution in [0.5, 0.6) is 5.75 Å². The molecule has 0 bridgehead atoms. The van der Waals surface area contributed by atoms with Gasteiger partial charge in [-0.05, 0) is 12.1 Å². The number of hydrogen-bond acceptors (Lipinski definition) is 3. The van der Waals surface area contributed by atoms with Gasteiger partial charge in [-0.25, -0.2) is 4.79 Å². The van der Waals surface area contributed by atoms with Gasteiger partial charge in [-0.15, -0.1) is 0 Å². The molecule has 1 amide bonds. The van der Waals surface area contributed by atoms with Crippen molar-refractivity contribution in [1.82, 2.24) is 10.2 Å². The van der Waals surface area contributed by atoms with Gasteiger partial charge in [0.1, 0.15) is 0 Å². The highest BCUT2D eigenvalue weighted by Crippen LogP contribution is 2.28. The predicted octanol–water partition coefficient (Wildman–Crippen LogP) is 2.40. The fourth-order valence-electron chi connectivity index (χ4n) is 1.56. The highest BCUT2D eigenvalue weighted by molar-refractivity contribution is 6.34. The second-order valence-corrected chi connectivity index (χ2v) is 4.52. The molecular formula is C11H12Cl2N2O2. The van der Waals surface area contributed by atoms with Crippen LogP contribution in [-0.2, 0) is 0 Å². The van der Waals surface area contributed by atoms with Gasteiger partial charge in [0.05, 0.1) is 5.02 Å². The second kappa shape index (κ2) is 5.58. The Bertz CT molecular complexity index is 420. The summed E-state index contributed by atoms with van der Waals surface area (Å²) in [6, 6.07) is 4.78. The summed E-state index contributed by atoms with van der Waals surface area (Å²) in [6.45, 7) is 2.82. The van der Waals surface area contributed by atoms with Crippen LogP contribution >= 0.6 is 23.2 Å². The van der Waals surface area contributed by atoms with Gasteiger partial charge in [-0.2, -0.15) is 0 Å². The van der Waals surface area contributed by atoms with Crippen molar-refractivity contribution in [2.24, 2.45) is 0 Å². The standard InChI is InChI=1S/C11H12Cl2N2O2/c12-8-1-2-9(13)10(7-8)17-11(16)15-5-3-14-4-6-15/h1-2,7,14H,3-6H2. The van der Waals surface area contributed by atoms with Gasteiger partial charge < -0.3 is 15.0 Å². The predicted molar refractivity (Wildman–Crippen MR) is 66.9 cm³/mol. The smallest absolute Gasteiger partial charge is 0.409 e. The maximum atomic E-state index is 11.8. The number of rotatable bonds is 1. The van der Waals surface area contributed by atoms with Crippen molar-refractivity contribution in [1.29, 1.82) is 0 Å². The van der Waals surface area contributed by atoms with Crippen molar-refractivity contribution in [2.45, 2.75) is 0 Å². The minimum absolute atomic E-state index is 0.294. The number of nitrogens with zero attached hydrogens (tertiary/aromatic N) is 1. The van der Waals surface area contributed by atoms with Gasteiger partial charge in [-0.1, -0.05) is 23.2 Å². The van der Waals surface area contributed by atoms with Gasteiger partial charge >= 0.3 is 6.09 Å². The van der Waals surface area contributed by atoms with Gasteiger partial charge in [0, 0.05) is 37.3 Å². The monoisotopic (exact) mass is 274 g/mol. The summed E-state index contributed by atoms with van der Waals surface area (Å²) in [5, 5.41) is 4.01. The van der Waals surface area contributed by atoms with E-state index in [0.717, 1.165) is 13.1 Å². The van der Waals surface area contributed by atoms with Crippen LogP contribution in [0.2, 0.25) is 10.0 Å². The summed E-state index contributed by atoms with van der Waals surface area (Å²) >= 11 is 11.7. The number of carbonyl (C=O) groups excluding carboxylic acids is 1. The molecule has 0 spiro atoms. The Balaban J connectivity index is 2.04. The Labute approximate surface area is 109 Å². The van der Waals surface area contributed by atoms with Crippen molar-refractivity contribution >= 4 is 29.3 Å². The molecule has 0 aromatic heterocycles. The summed E-state index contributed by atoms with van der Waals surface area (Å²) in [5.41, 5.74) is 0. The van der Waals surface area contributed by atoms with E-state index in [0.29, 0.717) is 28.9 Å². The number of benzene rings is 1. The fourth-order valence-corrected chi connectivity index (χ4v) is 1.88. The highest BCUT2D eigenvalue weighted by atomic mass is 35.5. The number of halogens is 2. The number of carbonyl (C=O) groups is 1. The van der Waals surface area contributed by atoms with Crippen molar-refractivity contribution in [3.05, 3.63) is 28.2 Å². The second-order valence-electron chi connectivity index (χ2n) is 3.68. The van der Waals surface area contributed by atoms with Crippen LogP contribution in [-0.4, -0.2) is 37.2 Å². The van der Waals surface area contributed by atoms with E-state index in [9.17, 15) is 4.79 Å². The number of nitrogens with one attached hydrogen (secondary N) is 1. The van der Waals surface area contributed by atoms with Crippen LogP contribution in [0, 0.1) is 0 Å². The molecule has 17 heavy (non-hydrogen) atoms. The zero-order valence-electron chi connectivity index (χ0n) is 9.08. The summed E-state index contributed by atoms with van der Waals surface area (Å²) in [6.07, 6.45) is -0.393. The van der Waals surface area contributed by atoms with E-state index < -0.39 is 6.09 Å². The summed E-state index contributed by atoms with van der Waals surface area (Å²) in [4.78, 5) is 13.4. The average molecular weight is 275 g/mol. The van der Waals surface area contributed by atoms with Crippen LogP contribution < -0.4 is 10.1 Å². The van der Waals surface area contributed by atoms with Crippen LogP contribution in [0.25, 0.3) is 0 Å². The first-order chi connectivity index (χ1) is 8.16. The third-order valence-electron chi connectivity index (χ3n) is 2.47. The van der Waals surface area contributed by atoms with Gasteiger partial charge in [0.2, 0.25) is 0 Å². The average Bonchev–Trinajstić information content (AvgIpc) is 2.35. The summed E-state index contributed by atoms with van der Waals surface area (Å²) in [5.74, 6) is 0.294. The minimum Gasteiger partial charge on any atom is -0.409 e. The van der Waals surface area contributed by atoms with Crippen LogP contribution in [0.1, 0.15) is 0 Å². The molecule has 1 heterocycles. The number of piperazine rings is 1. The van der Waals surface area contributed by atoms with E-state index in [-0.39, 0.29) is 0 Å². The lowest BCUT2D eigenvalue weighted by Crippen LogP contribution is -2.47. The van der Waals surface area contributed by atoms with Gasteiger partial charge in [-0.3, -0.25) is 0 Å². The molecule has 0 atom stereocenters. The Morgan fingerprint density at radius 3 is 2.71 bits per heavy atom. The maximum absolute atomic E-state index is 11.8. The molecule has 0 unspecified atom stereocenters. The van der Waals surface area contributed by atoms with E-state index >= 15 is 0 Å². The first kappa shape index (κ1) is 12.5. The Hall–Kier alpha value is -0.970. The molecule has 1 aliphatic heterocycles.